The molecule has 0 amide bonds. The lowest BCUT2D eigenvalue weighted by molar-refractivity contribution is -0.118. The van der Waals surface area contributed by atoms with Gasteiger partial charge in [0.25, 0.3) is 0 Å². The lowest BCUT2D eigenvalue weighted by Crippen LogP contribution is -2.31. The van der Waals surface area contributed by atoms with Crippen molar-refractivity contribution in [2.75, 3.05) is 47.0 Å². The zero-order chi connectivity index (χ0) is 20.7. The highest BCUT2D eigenvalue weighted by atomic mass is 16.5. The Morgan fingerprint density at radius 2 is 1.62 bits per heavy atom. The van der Waals surface area contributed by atoms with E-state index in [-0.39, 0.29) is 29.3 Å². The Balaban J connectivity index is 1.58. The van der Waals surface area contributed by atoms with Crippen molar-refractivity contribution >= 4 is 17.5 Å². The number of methoxy groups -OCH3 is 2. The molecule has 1 aromatic carbocycles. The smallest absolute Gasteiger partial charge is 0.342 e. The van der Waals surface area contributed by atoms with E-state index in [0.717, 1.165) is 13.1 Å². The third-order valence-corrected chi connectivity index (χ3v) is 5.19. The van der Waals surface area contributed by atoms with Crippen LogP contribution in [0.3, 0.4) is 0 Å². The summed E-state index contributed by atoms with van der Waals surface area (Å²) in [7, 11) is 2.96. The maximum Gasteiger partial charge on any atom is 0.342 e. The number of carbonyl (C=O) groups is 3. The third-order valence-electron chi connectivity index (χ3n) is 5.19. The molecule has 8 heteroatoms. The van der Waals surface area contributed by atoms with E-state index in [9.17, 15) is 14.4 Å². The van der Waals surface area contributed by atoms with Crippen molar-refractivity contribution in [2.45, 2.75) is 6.92 Å². The number of benzene rings is 1. The van der Waals surface area contributed by atoms with Gasteiger partial charge in [0.1, 0.15) is 23.7 Å². The van der Waals surface area contributed by atoms with E-state index in [1.54, 1.807) is 25.1 Å². The summed E-state index contributed by atoms with van der Waals surface area (Å²) in [6.07, 6.45) is 0. The minimum absolute atomic E-state index is 0.169. The Morgan fingerprint density at radius 3 is 2.21 bits per heavy atom. The summed E-state index contributed by atoms with van der Waals surface area (Å²) in [6.45, 7) is 4.34. The van der Waals surface area contributed by atoms with Crippen LogP contribution in [-0.4, -0.2) is 74.3 Å². The Kier molecular flexibility index (Phi) is 4.77. The number of esters is 1. The van der Waals surface area contributed by atoms with Gasteiger partial charge in [-0.3, -0.25) is 9.59 Å². The molecule has 0 spiro atoms. The van der Waals surface area contributed by atoms with Crippen molar-refractivity contribution in [3.05, 3.63) is 46.3 Å². The Hall–Kier alpha value is -3.29. The number of hydrogen-bond donors (Lipinski definition) is 0. The molecule has 3 aliphatic rings. The molecule has 8 nitrogen and oxygen atoms in total. The number of allylic oxidation sites excluding steroid dienone is 2. The van der Waals surface area contributed by atoms with Gasteiger partial charge < -0.3 is 24.0 Å². The van der Waals surface area contributed by atoms with Gasteiger partial charge in [-0.1, -0.05) is 0 Å². The molecule has 0 saturated carbocycles. The van der Waals surface area contributed by atoms with Crippen LogP contribution in [0.15, 0.2) is 40.7 Å². The van der Waals surface area contributed by atoms with Crippen LogP contribution >= 0.6 is 0 Å². The summed E-state index contributed by atoms with van der Waals surface area (Å²) in [6, 6.07) is 4.75. The third kappa shape index (κ3) is 3.46. The number of hydrogen-bond acceptors (Lipinski definition) is 8. The van der Waals surface area contributed by atoms with Crippen molar-refractivity contribution in [3.63, 3.8) is 0 Å². The Bertz CT molecular complexity index is 969. The predicted molar refractivity (Wildman–Crippen MR) is 103 cm³/mol. The maximum atomic E-state index is 13.1. The second kappa shape index (κ2) is 7.27. The first kappa shape index (κ1) is 19.0. The van der Waals surface area contributed by atoms with Crippen molar-refractivity contribution in [1.29, 1.82) is 0 Å². The van der Waals surface area contributed by atoms with Crippen LogP contribution in [0.5, 0.6) is 11.5 Å². The molecule has 0 radical (unpaired) electrons. The normalized spacial score (nSPS) is 18.3. The van der Waals surface area contributed by atoms with Crippen molar-refractivity contribution in [3.8, 4) is 11.5 Å². The topological polar surface area (TPSA) is 84.9 Å². The van der Waals surface area contributed by atoms with Crippen molar-refractivity contribution in [1.82, 2.24) is 9.80 Å². The van der Waals surface area contributed by atoms with E-state index in [0.29, 0.717) is 41.6 Å². The largest absolute Gasteiger partial charge is 0.497 e. The van der Waals surface area contributed by atoms with Crippen molar-refractivity contribution < 1.29 is 28.6 Å². The molecule has 1 aliphatic carbocycles. The molecule has 2 heterocycles. The van der Waals surface area contributed by atoms with E-state index in [2.05, 4.69) is 0 Å². The highest BCUT2D eigenvalue weighted by molar-refractivity contribution is 6.25. The maximum absolute atomic E-state index is 13.1. The SMILES string of the molecule is COc1ccc(C(=O)OCC2=C(N3CC3)C(=O)C(C)=C(N3CC3)C2=O)c(OC)c1. The van der Waals surface area contributed by atoms with Gasteiger partial charge in [0.15, 0.2) is 0 Å². The van der Waals surface area contributed by atoms with Gasteiger partial charge in [-0.25, -0.2) is 4.79 Å². The van der Waals surface area contributed by atoms with E-state index in [1.807, 2.05) is 9.80 Å². The van der Waals surface area contributed by atoms with E-state index >= 15 is 0 Å². The number of carbonyl (C=O) groups excluding carboxylic acids is 3. The average molecular weight is 398 g/mol. The lowest BCUT2D eigenvalue weighted by Gasteiger charge is -2.23. The number of rotatable bonds is 7. The second-order valence-electron chi connectivity index (χ2n) is 7.08. The lowest BCUT2D eigenvalue weighted by atomic mass is 9.91. The standard InChI is InChI=1S/C21H22N2O6/c1-12-17(22-6-7-22)20(25)15(18(19(12)24)23-8-9-23)11-29-21(26)14-5-4-13(27-2)10-16(14)28-3/h4-5,10H,6-9,11H2,1-3H3. The fraction of sp³-hybridized carbons (Fsp3) is 0.381. The highest BCUT2D eigenvalue weighted by Gasteiger charge is 2.42. The first-order valence-electron chi connectivity index (χ1n) is 9.38. The molecule has 29 heavy (non-hydrogen) atoms. The molecule has 2 saturated heterocycles. The summed E-state index contributed by atoms with van der Waals surface area (Å²) in [5, 5.41) is 0. The molecule has 0 unspecified atom stereocenters. The minimum Gasteiger partial charge on any atom is -0.497 e. The van der Waals surface area contributed by atoms with Gasteiger partial charge >= 0.3 is 5.97 Å². The molecule has 2 fully saturated rings. The zero-order valence-corrected chi connectivity index (χ0v) is 16.6. The molecule has 152 valence electrons. The van der Waals surface area contributed by atoms with Gasteiger partial charge in [-0.05, 0) is 19.1 Å². The van der Waals surface area contributed by atoms with Gasteiger partial charge in [-0.15, -0.1) is 0 Å². The van der Waals surface area contributed by atoms with Crippen LogP contribution < -0.4 is 9.47 Å². The number of nitrogens with zero attached hydrogens (tertiary/aromatic N) is 2. The van der Waals surface area contributed by atoms with E-state index < -0.39 is 5.97 Å². The van der Waals surface area contributed by atoms with Crippen LogP contribution in [0.4, 0.5) is 0 Å². The van der Waals surface area contributed by atoms with Crippen LogP contribution in [0.25, 0.3) is 0 Å². The van der Waals surface area contributed by atoms with Gasteiger partial charge in [0, 0.05) is 37.8 Å². The van der Waals surface area contributed by atoms with Crippen LogP contribution in [0.1, 0.15) is 17.3 Å². The number of ketones is 2. The average Bonchev–Trinajstić information content (AvgIpc) is 3.62. The van der Waals surface area contributed by atoms with Crippen molar-refractivity contribution in [2.24, 2.45) is 0 Å². The summed E-state index contributed by atoms with van der Waals surface area (Å²) in [4.78, 5) is 42.3. The Morgan fingerprint density at radius 1 is 0.966 bits per heavy atom. The van der Waals surface area contributed by atoms with E-state index in [1.165, 1.54) is 14.2 Å². The fourth-order valence-electron chi connectivity index (χ4n) is 3.42. The van der Waals surface area contributed by atoms with Crippen LogP contribution in [0.2, 0.25) is 0 Å². The second-order valence-corrected chi connectivity index (χ2v) is 7.08. The number of Topliss-reactive ketones (excluding diaryl/α,β-unsaturated/α-hetero) is 2. The minimum atomic E-state index is -0.637. The van der Waals surface area contributed by atoms with Crippen LogP contribution in [-0.2, 0) is 14.3 Å². The van der Waals surface area contributed by atoms with Crippen LogP contribution in [0, 0.1) is 0 Å². The molecular formula is C21H22N2O6. The summed E-state index contributed by atoms with van der Waals surface area (Å²) in [5.74, 6) is -0.196. The van der Waals surface area contributed by atoms with Gasteiger partial charge in [0.2, 0.25) is 11.6 Å². The highest BCUT2D eigenvalue weighted by Crippen LogP contribution is 2.34. The molecule has 0 aromatic heterocycles. The molecule has 1 aromatic rings. The number of ether oxygens (including phenoxy) is 3. The monoisotopic (exact) mass is 398 g/mol. The summed E-state index contributed by atoms with van der Waals surface area (Å²) >= 11 is 0. The predicted octanol–water partition coefficient (Wildman–Crippen LogP) is 1.17. The Labute approximate surface area is 168 Å². The first-order valence-corrected chi connectivity index (χ1v) is 9.38. The summed E-state index contributed by atoms with van der Waals surface area (Å²) in [5.41, 5.74) is 1.69. The first-order chi connectivity index (χ1) is 14.0. The quantitative estimate of drug-likeness (QED) is 0.385. The zero-order valence-electron chi connectivity index (χ0n) is 16.6. The van der Waals surface area contributed by atoms with E-state index in [4.69, 9.17) is 14.2 Å². The van der Waals surface area contributed by atoms with Gasteiger partial charge in [0.05, 0.1) is 31.2 Å². The molecule has 4 rings (SSSR count). The van der Waals surface area contributed by atoms with Gasteiger partial charge in [-0.2, -0.15) is 0 Å². The summed E-state index contributed by atoms with van der Waals surface area (Å²) < 4.78 is 15.8. The molecule has 0 bridgehead atoms. The molecule has 0 atom stereocenters. The molecular weight excluding hydrogens is 376 g/mol. The molecule has 0 N–H and O–H groups in total. The molecule has 2 aliphatic heterocycles. The fourth-order valence-corrected chi connectivity index (χ4v) is 3.42.